The van der Waals surface area contributed by atoms with E-state index in [2.05, 4.69) is 27.4 Å². The van der Waals surface area contributed by atoms with Gasteiger partial charge in [0.2, 0.25) is 0 Å². The minimum Gasteiger partial charge on any atom is -0.248 e. The molecule has 2 aromatic heterocycles. The molecule has 4 rings (SSSR count). The number of nitrogens with zero attached hydrogens (tertiary/aromatic N) is 4. The molecule has 0 saturated heterocycles. The van der Waals surface area contributed by atoms with E-state index in [1.54, 1.807) is 4.68 Å². The third-order valence-corrected chi connectivity index (χ3v) is 3.58. The van der Waals surface area contributed by atoms with Crippen molar-refractivity contribution in [2.24, 2.45) is 0 Å². The molecule has 0 N–H and O–H groups in total. The number of hydrogen-bond acceptors (Lipinski definition) is 3. The largest absolute Gasteiger partial charge is 0.248 e. The maximum absolute atomic E-state index is 4.61. The number of hydrogen-bond donors (Lipinski definition) is 0. The molecule has 2 heterocycles. The highest BCUT2D eigenvalue weighted by Gasteiger charge is 2.00. The second-order valence-corrected chi connectivity index (χ2v) is 5.19. The summed E-state index contributed by atoms with van der Waals surface area (Å²) in [5, 5.41) is 9.45. The van der Waals surface area contributed by atoms with Crippen LogP contribution in [0.3, 0.4) is 0 Å². The summed E-state index contributed by atoms with van der Waals surface area (Å²) in [5.74, 6) is 0. The van der Waals surface area contributed by atoms with E-state index in [0.717, 1.165) is 28.0 Å². The van der Waals surface area contributed by atoms with Crippen molar-refractivity contribution in [2.45, 2.75) is 0 Å². The molecule has 0 aliphatic heterocycles. The Bertz CT molecular complexity index is 971. The summed E-state index contributed by atoms with van der Waals surface area (Å²) < 4.78 is 1.76. The zero-order valence-corrected chi connectivity index (χ0v) is 12.4. The molecule has 23 heavy (non-hydrogen) atoms. The zero-order chi connectivity index (χ0) is 15.5. The van der Waals surface area contributed by atoms with E-state index in [4.69, 9.17) is 0 Å². The average Bonchev–Trinajstić information content (AvgIpc) is 3.10. The molecule has 0 radical (unpaired) electrons. The second-order valence-electron chi connectivity index (χ2n) is 5.19. The SMILES string of the molecule is C(=C/c1ccc2ccccc2n1)/c1cn(-c2ccccc2)nn1. The molecule has 0 aliphatic carbocycles. The number of fused-ring (bicyclic) bond motifs is 1. The van der Waals surface area contributed by atoms with Gasteiger partial charge in [0.15, 0.2) is 0 Å². The molecule has 4 aromatic rings. The lowest BCUT2D eigenvalue weighted by Gasteiger charge is -1.98. The summed E-state index contributed by atoms with van der Waals surface area (Å²) in [4.78, 5) is 4.61. The normalized spacial score (nSPS) is 11.3. The van der Waals surface area contributed by atoms with E-state index >= 15 is 0 Å². The van der Waals surface area contributed by atoms with Crippen LogP contribution in [0.4, 0.5) is 0 Å². The van der Waals surface area contributed by atoms with Crippen LogP contribution in [-0.2, 0) is 0 Å². The van der Waals surface area contributed by atoms with Gasteiger partial charge in [-0.05, 0) is 36.4 Å². The van der Waals surface area contributed by atoms with Gasteiger partial charge in [-0.1, -0.05) is 47.7 Å². The highest BCUT2D eigenvalue weighted by atomic mass is 15.4. The van der Waals surface area contributed by atoms with E-state index in [1.807, 2.05) is 72.9 Å². The van der Waals surface area contributed by atoms with Crippen molar-refractivity contribution in [2.75, 3.05) is 0 Å². The van der Waals surface area contributed by atoms with Crippen LogP contribution in [-0.4, -0.2) is 20.0 Å². The fourth-order valence-electron chi connectivity index (χ4n) is 2.41. The summed E-state index contributed by atoms with van der Waals surface area (Å²) in [6.45, 7) is 0. The van der Waals surface area contributed by atoms with Crippen molar-refractivity contribution in [3.05, 3.63) is 84.3 Å². The molecule has 0 amide bonds. The van der Waals surface area contributed by atoms with E-state index < -0.39 is 0 Å². The standard InChI is InChI=1S/C19H14N4/c1-2-7-18(8-3-1)23-14-17(21-22-23)13-12-16-11-10-15-6-4-5-9-19(15)20-16/h1-14H/b13-12-. The van der Waals surface area contributed by atoms with Crippen LogP contribution in [0.25, 0.3) is 28.7 Å². The predicted molar refractivity (Wildman–Crippen MR) is 92.0 cm³/mol. The zero-order valence-electron chi connectivity index (χ0n) is 12.4. The number of para-hydroxylation sites is 2. The van der Waals surface area contributed by atoms with Crippen molar-refractivity contribution >= 4 is 23.1 Å². The molecule has 2 aromatic carbocycles. The number of rotatable bonds is 3. The summed E-state index contributed by atoms with van der Waals surface area (Å²) >= 11 is 0. The number of pyridine rings is 1. The molecule has 4 nitrogen and oxygen atoms in total. The molecular weight excluding hydrogens is 284 g/mol. The molecule has 0 unspecified atom stereocenters. The Labute approximate surface area is 133 Å². The molecule has 0 aliphatic rings. The maximum Gasteiger partial charge on any atom is 0.106 e. The van der Waals surface area contributed by atoms with Gasteiger partial charge in [-0.2, -0.15) is 0 Å². The summed E-state index contributed by atoms with van der Waals surface area (Å²) in [6.07, 6.45) is 5.77. The monoisotopic (exact) mass is 298 g/mol. The van der Waals surface area contributed by atoms with Crippen LogP contribution < -0.4 is 0 Å². The Morgan fingerprint density at radius 2 is 1.52 bits per heavy atom. The van der Waals surface area contributed by atoms with Gasteiger partial charge < -0.3 is 0 Å². The average molecular weight is 298 g/mol. The van der Waals surface area contributed by atoms with Crippen LogP contribution in [0.15, 0.2) is 72.9 Å². The highest BCUT2D eigenvalue weighted by molar-refractivity contribution is 5.80. The van der Waals surface area contributed by atoms with Crippen LogP contribution in [0.1, 0.15) is 11.4 Å². The lowest BCUT2D eigenvalue weighted by Crippen LogP contribution is -1.93. The Morgan fingerprint density at radius 3 is 2.43 bits per heavy atom. The first-order valence-electron chi connectivity index (χ1n) is 7.40. The Hall–Kier alpha value is -3.27. The lowest BCUT2D eigenvalue weighted by atomic mass is 10.2. The highest BCUT2D eigenvalue weighted by Crippen LogP contribution is 2.13. The summed E-state index contributed by atoms with van der Waals surface area (Å²) in [5.41, 5.74) is 3.67. The Balaban J connectivity index is 1.59. The molecule has 110 valence electrons. The second kappa shape index (κ2) is 5.85. The van der Waals surface area contributed by atoms with Gasteiger partial charge >= 0.3 is 0 Å². The third-order valence-electron chi connectivity index (χ3n) is 3.58. The Kier molecular flexibility index (Phi) is 3.41. The quantitative estimate of drug-likeness (QED) is 0.574. The van der Waals surface area contributed by atoms with Crippen LogP contribution in [0, 0.1) is 0 Å². The fraction of sp³-hybridized carbons (Fsp3) is 0. The van der Waals surface area contributed by atoms with Crippen molar-refractivity contribution in [1.82, 2.24) is 20.0 Å². The maximum atomic E-state index is 4.61. The minimum absolute atomic E-state index is 0.795. The van der Waals surface area contributed by atoms with Crippen molar-refractivity contribution in [1.29, 1.82) is 0 Å². The first-order valence-corrected chi connectivity index (χ1v) is 7.40. The van der Waals surface area contributed by atoms with Crippen molar-refractivity contribution < 1.29 is 0 Å². The predicted octanol–water partition coefficient (Wildman–Crippen LogP) is 3.99. The molecule has 0 bridgehead atoms. The van der Waals surface area contributed by atoms with E-state index in [-0.39, 0.29) is 0 Å². The molecule has 0 spiro atoms. The van der Waals surface area contributed by atoms with Gasteiger partial charge in [-0.15, -0.1) is 5.10 Å². The van der Waals surface area contributed by atoms with Gasteiger partial charge in [0.05, 0.1) is 23.1 Å². The van der Waals surface area contributed by atoms with Crippen LogP contribution in [0.2, 0.25) is 0 Å². The first-order chi connectivity index (χ1) is 11.4. The van der Waals surface area contributed by atoms with Crippen molar-refractivity contribution in [3.8, 4) is 5.69 Å². The summed E-state index contributed by atoms with van der Waals surface area (Å²) in [7, 11) is 0. The molecule has 0 saturated carbocycles. The van der Waals surface area contributed by atoms with Gasteiger partial charge in [-0.25, -0.2) is 9.67 Å². The summed E-state index contributed by atoms with van der Waals surface area (Å²) in [6, 6.07) is 22.1. The van der Waals surface area contributed by atoms with Crippen molar-refractivity contribution in [3.63, 3.8) is 0 Å². The van der Waals surface area contributed by atoms with E-state index in [1.165, 1.54) is 0 Å². The van der Waals surface area contributed by atoms with Gasteiger partial charge in [0, 0.05) is 5.39 Å². The van der Waals surface area contributed by atoms with Crippen LogP contribution in [0.5, 0.6) is 0 Å². The first kappa shape index (κ1) is 13.4. The van der Waals surface area contributed by atoms with Gasteiger partial charge in [0.1, 0.15) is 5.69 Å². The molecule has 0 atom stereocenters. The molecular formula is C19H14N4. The van der Waals surface area contributed by atoms with E-state index in [0.29, 0.717) is 0 Å². The van der Waals surface area contributed by atoms with Crippen LogP contribution >= 0.6 is 0 Å². The Morgan fingerprint density at radius 1 is 0.739 bits per heavy atom. The lowest BCUT2D eigenvalue weighted by molar-refractivity contribution is 0.802. The fourth-order valence-corrected chi connectivity index (χ4v) is 2.41. The number of aromatic nitrogens is 4. The third kappa shape index (κ3) is 2.87. The molecule has 0 fully saturated rings. The van der Waals surface area contributed by atoms with Gasteiger partial charge in [-0.3, -0.25) is 0 Å². The minimum atomic E-state index is 0.795. The smallest absolute Gasteiger partial charge is 0.106 e. The van der Waals surface area contributed by atoms with Gasteiger partial charge in [0.25, 0.3) is 0 Å². The molecule has 4 heteroatoms. The van der Waals surface area contributed by atoms with E-state index in [9.17, 15) is 0 Å². The topological polar surface area (TPSA) is 43.6 Å². The number of benzene rings is 2.